The number of aromatic nitrogens is 2. The van der Waals surface area contributed by atoms with Crippen molar-refractivity contribution >= 4 is 28.3 Å². The van der Waals surface area contributed by atoms with Crippen LogP contribution in [0.4, 0.5) is 10.2 Å². The average molecular weight is 240 g/mol. The zero-order chi connectivity index (χ0) is 11.7. The van der Waals surface area contributed by atoms with Crippen LogP contribution in [0.25, 0.3) is 10.9 Å². The van der Waals surface area contributed by atoms with E-state index in [-0.39, 0.29) is 17.1 Å². The number of hydrogen-bond acceptors (Lipinski definition) is 3. The third-order valence-electron chi connectivity index (χ3n) is 2.06. The van der Waals surface area contributed by atoms with Gasteiger partial charge < -0.3 is 5.32 Å². The lowest BCUT2D eigenvalue weighted by Crippen LogP contribution is -2.11. The lowest BCUT2D eigenvalue weighted by molar-refractivity contribution is 0.629. The molecule has 2 rings (SSSR count). The quantitative estimate of drug-likeness (QED) is 0.818. The fourth-order valence-corrected chi connectivity index (χ4v) is 1.63. The van der Waals surface area contributed by atoms with Crippen LogP contribution < -0.4 is 5.32 Å². The van der Waals surface area contributed by atoms with Crippen molar-refractivity contribution < 1.29 is 4.39 Å². The smallest absolute Gasteiger partial charge is 0.224 e. The van der Waals surface area contributed by atoms with E-state index in [0.29, 0.717) is 16.7 Å². The molecule has 0 saturated heterocycles. The van der Waals surface area contributed by atoms with Crippen molar-refractivity contribution in [2.75, 3.05) is 5.32 Å². The molecule has 3 nitrogen and oxygen atoms in total. The molecule has 0 saturated carbocycles. The third-order valence-corrected chi connectivity index (χ3v) is 2.22. The summed E-state index contributed by atoms with van der Waals surface area (Å²) in [5, 5.41) is 3.91. The number of benzene rings is 1. The number of nitrogens with zero attached hydrogens (tertiary/aromatic N) is 2. The number of anilines is 1. The maximum Gasteiger partial charge on any atom is 0.224 e. The Labute approximate surface area is 97.7 Å². The normalized spacial score (nSPS) is 11.1. The lowest BCUT2D eigenvalue weighted by atomic mass is 10.2. The first-order valence-electron chi connectivity index (χ1n) is 4.95. The Kier molecular flexibility index (Phi) is 2.92. The summed E-state index contributed by atoms with van der Waals surface area (Å²) >= 11 is 5.79. The highest BCUT2D eigenvalue weighted by atomic mass is 35.5. The molecular weight excluding hydrogens is 229 g/mol. The molecule has 0 fully saturated rings. The van der Waals surface area contributed by atoms with Gasteiger partial charge in [-0.3, -0.25) is 0 Å². The van der Waals surface area contributed by atoms with Gasteiger partial charge in [-0.2, -0.15) is 0 Å². The molecule has 5 heteroatoms. The monoisotopic (exact) mass is 239 g/mol. The molecule has 0 bridgehead atoms. The summed E-state index contributed by atoms with van der Waals surface area (Å²) in [7, 11) is 0. The predicted octanol–water partition coefficient (Wildman–Crippen LogP) is 3.24. The zero-order valence-corrected chi connectivity index (χ0v) is 9.72. The Morgan fingerprint density at radius 2 is 2.06 bits per heavy atom. The Morgan fingerprint density at radius 1 is 1.31 bits per heavy atom. The lowest BCUT2D eigenvalue weighted by Gasteiger charge is -2.11. The molecule has 0 unspecified atom stereocenters. The second-order valence-corrected chi connectivity index (χ2v) is 4.14. The highest BCUT2D eigenvalue weighted by Gasteiger charge is 2.08. The van der Waals surface area contributed by atoms with Crippen LogP contribution in [-0.4, -0.2) is 16.0 Å². The van der Waals surface area contributed by atoms with Gasteiger partial charge in [-0.25, -0.2) is 14.4 Å². The summed E-state index contributed by atoms with van der Waals surface area (Å²) in [6.45, 7) is 3.95. The van der Waals surface area contributed by atoms with E-state index >= 15 is 0 Å². The van der Waals surface area contributed by atoms with E-state index in [0.717, 1.165) is 0 Å². The molecule has 1 heterocycles. The number of rotatable bonds is 2. The molecule has 0 spiro atoms. The van der Waals surface area contributed by atoms with Gasteiger partial charge >= 0.3 is 0 Å². The standard InChI is InChI=1S/C11H11ClFN3/c1-6(2)14-10-8-5-7(13)3-4-9(8)15-11(12)16-10/h3-6H,1-2H3,(H,14,15,16). The van der Waals surface area contributed by atoms with E-state index in [2.05, 4.69) is 15.3 Å². The van der Waals surface area contributed by atoms with E-state index in [1.54, 1.807) is 6.07 Å². The summed E-state index contributed by atoms with van der Waals surface area (Å²) < 4.78 is 13.1. The van der Waals surface area contributed by atoms with Crippen molar-refractivity contribution in [3.63, 3.8) is 0 Å². The maximum atomic E-state index is 13.1. The van der Waals surface area contributed by atoms with E-state index in [9.17, 15) is 4.39 Å². The van der Waals surface area contributed by atoms with Gasteiger partial charge in [0.1, 0.15) is 11.6 Å². The average Bonchev–Trinajstić information content (AvgIpc) is 2.18. The Hall–Kier alpha value is -1.42. The fourth-order valence-electron chi connectivity index (χ4n) is 1.46. The van der Waals surface area contributed by atoms with Crippen LogP contribution in [-0.2, 0) is 0 Å². The van der Waals surface area contributed by atoms with E-state index in [4.69, 9.17) is 11.6 Å². The predicted molar refractivity (Wildman–Crippen MR) is 63.3 cm³/mol. The summed E-state index contributed by atoms with van der Waals surface area (Å²) in [5.41, 5.74) is 0.629. The van der Waals surface area contributed by atoms with Gasteiger partial charge in [-0.1, -0.05) is 0 Å². The Balaban J connectivity index is 2.64. The van der Waals surface area contributed by atoms with Crippen LogP contribution in [0.1, 0.15) is 13.8 Å². The Bertz CT molecular complexity index is 528. The third kappa shape index (κ3) is 2.22. The first kappa shape index (κ1) is 11.1. The maximum absolute atomic E-state index is 13.1. The van der Waals surface area contributed by atoms with Crippen molar-refractivity contribution in [2.45, 2.75) is 19.9 Å². The first-order chi connectivity index (χ1) is 7.56. The van der Waals surface area contributed by atoms with Crippen molar-refractivity contribution in [1.82, 2.24) is 9.97 Å². The molecule has 0 atom stereocenters. The minimum absolute atomic E-state index is 0.155. The first-order valence-corrected chi connectivity index (χ1v) is 5.33. The van der Waals surface area contributed by atoms with Crippen molar-refractivity contribution in [3.05, 3.63) is 29.3 Å². The van der Waals surface area contributed by atoms with Crippen LogP contribution in [0, 0.1) is 5.82 Å². The fraction of sp³-hybridized carbons (Fsp3) is 0.273. The van der Waals surface area contributed by atoms with Gasteiger partial charge in [-0.05, 0) is 43.6 Å². The summed E-state index contributed by atoms with van der Waals surface area (Å²) in [5.74, 6) is 0.245. The van der Waals surface area contributed by atoms with Gasteiger partial charge in [0.2, 0.25) is 5.28 Å². The van der Waals surface area contributed by atoms with E-state index in [1.807, 2.05) is 13.8 Å². The molecule has 0 aliphatic rings. The van der Waals surface area contributed by atoms with Gasteiger partial charge in [0.25, 0.3) is 0 Å². The van der Waals surface area contributed by atoms with Gasteiger partial charge in [-0.15, -0.1) is 0 Å². The second kappa shape index (κ2) is 4.22. The highest BCUT2D eigenvalue weighted by molar-refractivity contribution is 6.28. The molecule has 1 aromatic heterocycles. The SMILES string of the molecule is CC(C)Nc1nc(Cl)nc2ccc(F)cc12. The van der Waals surface area contributed by atoms with Crippen LogP contribution in [0.15, 0.2) is 18.2 Å². The molecule has 1 aromatic carbocycles. The molecule has 0 radical (unpaired) electrons. The van der Waals surface area contributed by atoms with Gasteiger partial charge in [0.15, 0.2) is 0 Å². The molecule has 2 aromatic rings. The van der Waals surface area contributed by atoms with E-state index in [1.165, 1.54) is 12.1 Å². The summed E-state index contributed by atoms with van der Waals surface area (Å²) in [4.78, 5) is 8.09. The molecule has 0 amide bonds. The highest BCUT2D eigenvalue weighted by Crippen LogP contribution is 2.23. The van der Waals surface area contributed by atoms with E-state index < -0.39 is 0 Å². The van der Waals surface area contributed by atoms with Crippen molar-refractivity contribution in [1.29, 1.82) is 0 Å². The van der Waals surface area contributed by atoms with Gasteiger partial charge in [0, 0.05) is 11.4 Å². The number of hydrogen-bond donors (Lipinski definition) is 1. The van der Waals surface area contributed by atoms with Crippen LogP contribution in [0.5, 0.6) is 0 Å². The van der Waals surface area contributed by atoms with Gasteiger partial charge in [0.05, 0.1) is 5.52 Å². The zero-order valence-electron chi connectivity index (χ0n) is 8.96. The molecular formula is C11H11ClFN3. The second-order valence-electron chi connectivity index (χ2n) is 3.80. The molecule has 1 N–H and O–H groups in total. The van der Waals surface area contributed by atoms with Crippen LogP contribution >= 0.6 is 11.6 Å². The van der Waals surface area contributed by atoms with Crippen molar-refractivity contribution in [2.24, 2.45) is 0 Å². The topological polar surface area (TPSA) is 37.8 Å². The Morgan fingerprint density at radius 3 is 2.75 bits per heavy atom. The van der Waals surface area contributed by atoms with Crippen LogP contribution in [0.3, 0.4) is 0 Å². The number of halogens is 2. The number of nitrogens with one attached hydrogen (secondary N) is 1. The minimum atomic E-state index is -0.315. The largest absolute Gasteiger partial charge is 0.367 e. The molecule has 84 valence electrons. The summed E-state index contributed by atoms with van der Waals surface area (Å²) in [6.07, 6.45) is 0. The number of fused-ring (bicyclic) bond motifs is 1. The summed E-state index contributed by atoms with van der Waals surface area (Å²) in [6, 6.07) is 4.53. The molecule has 0 aliphatic heterocycles. The van der Waals surface area contributed by atoms with Crippen LogP contribution in [0.2, 0.25) is 5.28 Å². The molecule has 16 heavy (non-hydrogen) atoms. The minimum Gasteiger partial charge on any atom is -0.367 e. The van der Waals surface area contributed by atoms with Crippen molar-refractivity contribution in [3.8, 4) is 0 Å². The molecule has 0 aliphatic carbocycles.